The van der Waals surface area contributed by atoms with E-state index in [4.69, 9.17) is 24.2 Å². The summed E-state index contributed by atoms with van der Waals surface area (Å²) in [6.07, 6.45) is 15.4. The Morgan fingerprint density at radius 1 is 0.865 bits per heavy atom. The Balaban J connectivity index is 1.47. The fraction of sp³-hybridized carbons (Fsp3) is 0.241. The summed E-state index contributed by atoms with van der Waals surface area (Å²) in [5.41, 5.74) is 2.85. The van der Waals surface area contributed by atoms with Crippen molar-refractivity contribution in [3.63, 3.8) is 0 Å². The second-order valence-electron chi connectivity index (χ2n) is 9.44. The number of nitrogens with one attached hydrogen (secondary N) is 3. The monoisotopic (exact) mass is 495 g/mol. The molecular formula is C29H29N5O3. The largest absolute Gasteiger partial charge is 0.497 e. The first-order chi connectivity index (χ1) is 18.0. The molecular weight excluding hydrogens is 466 g/mol. The smallest absolute Gasteiger partial charge is 0.221 e. The first-order valence-corrected chi connectivity index (χ1v) is 12.2. The number of nitrogens with zero attached hydrogens (tertiary/aromatic N) is 2. The molecule has 0 amide bonds. The van der Waals surface area contributed by atoms with E-state index in [1.165, 1.54) is 0 Å². The maximum atomic E-state index is 6.12. The summed E-state index contributed by atoms with van der Waals surface area (Å²) in [4.78, 5) is 13.2. The molecule has 1 aromatic carbocycles. The Labute approximate surface area is 215 Å². The maximum absolute atomic E-state index is 6.12. The quantitative estimate of drug-likeness (QED) is 0.593. The van der Waals surface area contributed by atoms with Gasteiger partial charge in [0.2, 0.25) is 5.72 Å². The molecule has 1 aromatic heterocycles. The number of methoxy groups -OCH3 is 3. The van der Waals surface area contributed by atoms with E-state index in [9.17, 15) is 0 Å². The number of ether oxygens (including phenoxy) is 3. The molecule has 188 valence electrons. The van der Waals surface area contributed by atoms with Gasteiger partial charge in [-0.2, -0.15) is 0 Å². The maximum Gasteiger partial charge on any atom is 0.221 e. The van der Waals surface area contributed by atoms with Crippen molar-refractivity contribution in [2.75, 3.05) is 26.6 Å². The molecule has 37 heavy (non-hydrogen) atoms. The molecule has 8 heteroatoms. The van der Waals surface area contributed by atoms with Crippen molar-refractivity contribution >= 4 is 29.3 Å². The summed E-state index contributed by atoms with van der Waals surface area (Å²) in [6.45, 7) is 0. The van der Waals surface area contributed by atoms with Crippen LogP contribution in [0.1, 0.15) is 12.8 Å². The predicted octanol–water partition coefficient (Wildman–Crippen LogP) is 2.90. The fourth-order valence-electron chi connectivity index (χ4n) is 5.17. The van der Waals surface area contributed by atoms with Gasteiger partial charge in [0.15, 0.2) is 5.76 Å². The van der Waals surface area contributed by atoms with Gasteiger partial charge in [0.05, 0.1) is 31.3 Å². The molecule has 0 fully saturated rings. The molecule has 8 nitrogen and oxygen atoms in total. The summed E-state index contributed by atoms with van der Waals surface area (Å²) >= 11 is 0. The lowest BCUT2D eigenvalue weighted by molar-refractivity contribution is -0.0292. The first kappa shape index (κ1) is 23.1. The van der Waals surface area contributed by atoms with Crippen LogP contribution in [0.2, 0.25) is 0 Å². The van der Waals surface area contributed by atoms with Crippen LogP contribution in [0, 0.1) is 0 Å². The molecule has 4 aliphatic heterocycles. The number of aliphatic imine (C=N–C) groups is 2. The number of H-pyrrole nitrogens is 1. The highest BCUT2D eigenvalue weighted by atomic mass is 16.5. The van der Waals surface area contributed by atoms with Crippen molar-refractivity contribution in [1.82, 2.24) is 10.3 Å². The van der Waals surface area contributed by atoms with Crippen molar-refractivity contribution in [2.45, 2.75) is 24.2 Å². The molecule has 8 bridgehead atoms. The van der Waals surface area contributed by atoms with E-state index in [0.29, 0.717) is 18.6 Å². The minimum absolute atomic E-state index is 0.469. The third-order valence-corrected chi connectivity index (χ3v) is 6.92. The highest BCUT2D eigenvalue weighted by molar-refractivity contribution is 6.19. The van der Waals surface area contributed by atoms with E-state index in [0.717, 1.165) is 45.0 Å². The topological polar surface area (TPSA) is 92.3 Å². The van der Waals surface area contributed by atoms with Crippen LogP contribution >= 0.6 is 0 Å². The molecule has 4 aliphatic rings. The zero-order valence-electron chi connectivity index (χ0n) is 21.0. The number of anilines is 1. The molecule has 6 rings (SSSR count). The number of hydrogen-bond acceptors (Lipinski definition) is 7. The number of allylic oxidation sites excluding steroid dienone is 4. The van der Waals surface area contributed by atoms with Gasteiger partial charge in [-0.15, -0.1) is 0 Å². The standard InChI is InChI=1S/C29H29N5O3/c1-35-26-10-8-19(9-11-26)32-28-13-12-24(33-28)15-22-6-4-20(30-22)14-21-5-7-23(31-21)16-25-17-27(36-2)29(18-28,34-25)37-3/h4-12,14-17,31-33H,13,18H2,1-3H3. The molecule has 0 radical (unpaired) electrons. The van der Waals surface area contributed by atoms with E-state index >= 15 is 0 Å². The average Bonchev–Trinajstić information content (AvgIpc) is 3.68. The Hall–Kier alpha value is -4.30. The number of hydrogen-bond donors (Lipinski definition) is 3. The van der Waals surface area contributed by atoms with Gasteiger partial charge < -0.3 is 29.8 Å². The van der Waals surface area contributed by atoms with Crippen LogP contribution in [-0.4, -0.2) is 49.1 Å². The Bertz CT molecular complexity index is 1540. The minimum Gasteiger partial charge on any atom is -0.497 e. The number of benzene rings is 1. The highest BCUT2D eigenvalue weighted by Crippen LogP contribution is 2.41. The lowest BCUT2D eigenvalue weighted by atomic mass is 9.94. The van der Waals surface area contributed by atoms with Crippen LogP contribution < -0.4 is 26.1 Å². The van der Waals surface area contributed by atoms with Crippen LogP contribution in [0.3, 0.4) is 0 Å². The van der Waals surface area contributed by atoms with Crippen molar-refractivity contribution < 1.29 is 14.2 Å². The van der Waals surface area contributed by atoms with Gasteiger partial charge in [0.1, 0.15) is 11.4 Å². The molecule has 2 unspecified atom stereocenters. The van der Waals surface area contributed by atoms with Gasteiger partial charge in [-0.25, -0.2) is 9.98 Å². The van der Waals surface area contributed by atoms with E-state index in [-0.39, 0.29) is 0 Å². The Kier molecular flexibility index (Phi) is 5.61. The van der Waals surface area contributed by atoms with Gasteiger partial charge in [0.25, 0.3) is 0 Å². The summed E-state index contributed by atoms with van der Waals surface area (Å²) in [6, 6.07) is 11.9. The molecule has 0 saturated carbocycles. The van der Waals surface area contributed by atoms with Crippen molar-refractivity contribution in [3.05, 3.63) is 94.6 Å². The lowest BCUT2D eigenvalue weighted by Gasteiger charge is -2.39. The SMILES string of the molecule is COC1=CC2=NC1(OC)CC1(Nc3ccc(OC)cc3)CC=C(C=C3C=CC(=N3)C=c3ccc([nH]3)=C2)N1. The third-order valence-electron chi connectivity index (χ3n) is 6.92. The number of aromatic nitrogens is 1. The van der Waals surface area contributed by atoms with Crippen LogP contribution in [0.5, 0.6) is 5.75 Å². The van der Waals surface area contributed by atoms with E-state index in [1.807, 2.05) is 66.8 Å². The molecule has 0 saturated heterocycles. The molecule has 2 aromatic rings. The fourth-order valence-corrected chi connectivity index (χ4v) is 5.17. The molecule has 3 N–H and O–H groups in total. The molecule has 0 spiro atoms. The second kappa shape index (κ2) is 8.97. The second-order valence-corrected chi connectivity index (χ2v) is 9.44. The number of rotatable bonds is 5. The zero-order chi connectivity index (χ0) is 25.5. The van der Waals surface area contributed by atoms with Gasteiger partial charge in [-0.3, -0.25) is 0 Å². The number of aromatic amines is 1. The number of fused-ring (bicyclic) bond motifs is 6. The van der Waals surface area contributed by atoms with Crippen LogP contribution in [0.15, 0.2) is 93.9 Å². The average molecular weight is 496 g/mol. The highest BCUT2D eigenvalue weighted by Gasteiger charge is 2.49. The molecule has 2 atom stereocenters. The van der Waals surface area contributed by atoms with Crippen molar-refractivity contribution in [3.8, 4) is 5.75 Å². The molecule has 5 heterocycles. The summed E-state index contributed by atoms with van der Waals surface area (Å²) in [5.74, 6) is 1.45. The van der Waals surface area contributed by atoms with Crippen LogP contribution in [-0.2, 0) is 9.47 Å². The van der Waals surface area contributed by atoms with Gasteiger partial charge in [-0.1, -0.05) is 6.08 Å². The third kappa shape index (κ3) is 4.40. The lowest BCUT2D eigenvalue weighted by Crippen LogP contribution is -2.54. The van der Waals surface area contributed by atoms with Gasteiger partial charge in [-0.05, 0) is 66.8 Å². The zero-order valence-corrected chi connectivity index (χ0v) is 21.0. The molecule has 0 aliphatic carbocycles. The van der Waals surface area contributed by atoms with E-state index in [1.54, 1.807) is 21.3 Å². The van der Waals surface area contributed by atoms with Crippen LogP contribution in [0.25, 0.3) is 12.2 Å². The minimum atomic E-state index is -1.01. The van der Waals surface area contributed by atoms with E-state index in [2.05, 4.69) is 27.8 Å². The van der Waals surface area contributed by atoms with Gasteiger partial charge in [0, 0.05) is 48.1 Å². The first-order valence-electron chi connectivity index (χ1n) is 12.2. The predicted molar refractivity (Wildman–Crippen MR) is 146 cm³/mol. The van der Waals surface area contributed by atoms with Gasteiger partial charge >= 0.3 is 0 Å². The van der Waals surface area contributed by atoms with Crippen molar-refractivity contribution in [2.24, 2.45) is 9.98 Å². The summed E-state index contributed by atoms with van der Waals surface area (Å²) in [7, 11) is 4.99. The Morgan fingerprint density at radius 3 is 2.38 bits per heavy atom. The summed E-state index contributed by atoms with van der Waals surface area (Å²) in [5, 5.41) is 9.33. The van der Waals surface area contributed by atoms with Crippen molar-refractivity contribution in [1.29, 1.82) is 0 Å². The van der Waals surface area contributed by atoms with E-state index < -0.39 is 11.4 Å². The summed E-state index contributed by atoms with van der Waals surface area (Å²) < 4.78 is 17.3. The normalized spacial score (nSPS) is 25.5. The Morgan fingerprint density at radius 2 is 1.65 bits per heavy atom. The van der Waals surface area contributed by atoms with Crippen LogP contribution in [0.4, 0.5) is 5.69 Å².